The molecule has 35 heavy (non-hydrogen) atoms. The van der Waals surface area contributed by atoms with Gasteiger partial charge in [-0.3, -0.25) is 10.0 Å². The Morgan fingerprint density at radius 1 is 1.00 bits per heavy atom. The van der Waals surface area contributed by atoms with Crippen LogP contribution in [0.1, 0.15) is 41.4 Å². The first-order valence-corrected chi connectivity index (χ1v) is 10.7. The highest BCUT2D eigenvalue weighted by Crippen LogP contribution is 2.31. The minimum atomic E-state index is -1.20. The molecule has 0 aliphatic carbocycles. The number of hydrogen-bond acceptors (Lipinski definition) is 6. The molecule has 1 aromatic heterocycles. The SMILES string of the molecule is COc1cc[n+](O)c(C(=O)N[C@@H](C)C(=O)O[C@@H](C)C(c2cccc(F)c2)c2cccc(F)c2)c1O. The minimum Gasteiger partial charge on any atom is -0.499 e. The highest BCUT2D eigenvalue weighted by Gasteiger charge is 2.33. The number of aromatic nitrogens is 1. The van der Waals surface area contributed by atoms with Crippen LogP contribution in [0.5, 0.6) is 11.5 Å². The van der Waals surface area contributed by atoms with Crippen LogP contribution in [0, 0.1) is 11.6 Å². The van der Waals surface area contributed by atoms with E-state index in [9.17, 15) is 28.7 Å². The zero-order chi connectivity index (χ0) is 25.7. The Morgan fingerprint density at radius 2 is 1.57 bits per heavy atom. The fraction of sp³-hybridized carbons (Fsp3) is 0.240. The summed E-state index contributed by atoms with van der Waals surface area (Å²) in [5.41, 5.74) is 0.389. The second-order valence-corrected chi connectivity index (χ2v) is 7.85. The summed E-state index contributed by atoms with van der Waals surface area (Å²) in [5, 5.41) is 22.4. The van der Waals surface area contributed by atoms with Crippen molar-refractivity contribution in [2.75, 3.05) is 7.11 Å². The lowest BCUT2D eigenvalue weighted by Gasteiger charge is -2.26. The summed E-state index contributed by atoms with van der Waals surface area (Å²) in [6.45, 7) is 2.92. The first kappa shape index (κ1) is 25.4. The molecular weight excluding hydrogens is 462 g/mol. The van der Waals surface area contributed by atoms with Crippen molar-refractivity contribution in [3.05, 3.63) is 89.2 Å². The third-order valence-electron chi connectivity index (χ3n) is 5.38. The van der Waals surface area contributed by atoms with Gasteiger partial charge < -0.3 is 19.9 Å². The number of ether oxygens (including phenoxy) is 2. The van der Waals surface area contributed by atoms with Crippen molar-refractivity contribution in [3.8, 4) is 11.5 Å². The van der Waals surface area contributed by atoms with E-state index in [1.165, 1.54) is 56.5 Å². The number of aromatic hydroxyl groups is 1. The second kappa shape index (κ2) is 10.8. The lowest BCUT2D eigenvalue weighted by molar-refractivity contribution is -0.906. The zero-order valence-corrected chi connectivity index (χ0v) is 19.2. The molecule has 0 radical (unpaired) electrons. The Labute approximate surface area is 200 Å². The number of carbonyl (C=O) groups excluding carboxylic acids is 2. The first-order valence-electron chi connectivity index (χ1n) is 10.7. The molecule has 0 spiro atoms. The van der Waals surface area contributed by atoms with Gasteiger partial charge in [0.1, 0.15) is 23.8 Å². The monoisotopic (exact) mass is 487 g/mol. The molecule has 0 aliphatic rings. The summed E-state index contributed by atoms with van der Waals surface area (Å²) in [7, 11) is 1.27. The van der Waals surface area contributed by atoms with Crippen molar-refractivity contribution in [3.63, 3.8) is 0 Å². The number of pyridine rings is 1. The molecule has 184 valence electrons. The molecule has 0 saturated carbocycles. The predicted molar refractivity (Wildman–Crippen MR) is 119 cm³/mol. The van der Waals surface area contributed by atoms with Gasteiger partial charge in [-0.05, 0) is 49.2 Å². The predicted octanol–water partition coefficient (Wildman–Crippen LogP) is 3.09. The Balaban J connectivity index is 1.80. The third kappa shape index (κ3) is 5.84. The largest absolute Gasteiger partial charge is 0.499 e. The standard InChI is InChI=1S/C25H24F2N2O6/c1-14(28-24(31)22-23(30)20(34-3)10-11-29(22)33)25(32)35-15(2)21(16-6-4-8-18(26)12-16)17-7-5-9-19(27)13-17/h4-15,21H,1-3H3,(H2-,28,30,31,33)/p+1/t14-,15-/m0/s1. The van der Waals surface area contributed by atoms with Crippen molar-refractivity contribution in [1.82, 2.24) is 5.32 Å². The van der Waals surface area contributed by atoms with Crippen molar-refractivity contribution in [2.24, 2.45) is 0 Å². The van der Waals surface area contributed by atoms with Crippen LogP contribution in [-0.2, 0) is 9.53 Å². The van der Waals surface area contributed by atoms with Crippen molar-refractivity contribution >= 4 is 11.9 Å². The third-order valence-corrected chi connectivity index (χ3v) is 5.38. The van der Waals surface area contributed by atoms with E-state index in [0.717, 1.165) is 6.20 Å². The number of nitrogens with zero attached hydrogens (tertiary/aromatic N) is 1. The highest BCUT2D eigenvalue weighted by atomic mass is 19.1. The van der Waals surface area contributed by atoms with Crippen LogP contribution in [-0.4, -0.2) is 41.4 Å². The maximum atomic E-state index is 13.9. The van der Waals surface area contributed by atoms with Gasteiger partial charge in [-0.25, -0.2) is 13.6 Å². The number of esters is 1. The van der Waals surface area contributed by atoms with E-state index in [1.54, 1.807) is 19.1 Å². The van der Waals surface area contributed by atoms with E-state index < -0.39 is 53.0 Å². The van der Waals surface area contributed by atoms with Gasteiger partial charge in [0.25, 0.3) is 0 Å². The van der Waals surface area contributed by atoms with E-state index in [0.29, 0.717) is 15.9 Å². The van der Waals surface area contributed by atoms with Crippen LogP contribution >= 0.6 is 0 Å². The smallest absolute Gasteiger partial charge is 0.366 e. The number of carbonyl (C=O) groups is 2. The summed E-state index contributed by atoms with van der Waals surface area (Å²) in [5.74, 6) is -4.19. The number of rotatable bonds is 8. The highest BCUT2D eigenvalue weighted by molar-refractivity contribution is 5.96. The Morgan fingerprint density at radius 3 is 2.09 bits per heavy atom. The molecule has 0 saturated heterocycles. The Bertz CT molecular complexity index is 1190. The number of halogens is 2. The van der Waals surface area contributed by atoms with Crippen molar-refractivity contribution in [2.45, 2.75) is 31.9 Å². The van der Waals surface area contributed by atoms with Gasteiger partial charge in [0.2, 0.25) is 11.9 Å². The van der Waals surface area contributed by atoms with E-state index in [4.69, 9.17) is 9.47 Å². The first-order chi connectivity index (χ1) is 16.6. The molecule has 0 bridgehead atoms. The summed E-state index contributed by atoms with van der Waals surface area (Å²) in [6.07, 6.45) is 0.208. The fourth-order valence-corrected chi connectivity index (χ4v) is 3.71. The van der Waals surface area contributed by atoms with Gasteiger partial charge in [0.15, 0.2) is 5.75 Å². The quantitative estimate of drug-likeness (QED) is 0.256. The summed E-state index contributed by atoms with van der Waals surface area (Å²) in [6, 6.07) is 11.4. The van der Waals surface area contributed by atoms with Crippen LogP contribution < -0.4 is 14.8 Å². The molecule has 8 nitrogen and oxygen atoms in total. The molecule has 0 fully saturated rings. The van der Waals surface area contributed by atoms with Crippen molar-refractivity contribution < 1.29 is 42.9 Å². The van der Waals surface area contributed by atoms with Gasteiger partial charge in [0, 0.05) is 10.6 Å². The molecule has 0 aliphatic heterocycles. The van der Waals surface area contributed by atoms with E-state index >= 15 is 0 Å². The van der Waals surface area contributed by atoms with Gasteiger partial charge in [-0.1, -0.05) is 24.3 Å². The Kier molecular flexibility index (Phi) is 7.85. The normalized spacial score (nSPS) is 12.6. The van der Waals surface area contributed by atoms with Gasteiger partial charge in [-0.2, -0.15) is 0 Å². The van der Waals surface area contributed by atoms with Crippen LogP contribution in [0.3, 0.4) is 0 Å². The molecular formula is C25H25F2N2O6+. The number of methoxy groups -OCH3 is 1. The molecule has 2 atom stereocenters. The van der Waals surface area contributed by atoms with Gasteiger partial charge in [-0.15, -0.1) is 0 Å². The molecule has 1 heterocycles. The molecule has 10 heteroatoms. The van der Waals surface area contributed by atoms with E-state index in [-0.39, 0.29) is 5.75 Å². The maximum Gasteiger partial charge on any atom is 0.366 e. The lowest BCUT2D eigenvalue weighted by atomic mass is 9.87. The maximum absolute atomic E-state index is 13.9. The van der Waals surface area contributed by atoms with Crippen LogP contribution in [0.15, 0.2) is 60.8 Å². The van der Waals surface area contributed by atoms with Crippen LogP contribution in [0.4, 0.5) is 8.78 Å². The summed E-state index contributed by atoms with van der Waals surface area (Å²) in [4.78, 5) is 25.4. The lowest BCUT2D eigenvalue weighted by Crippen LogP contribution is -2.47. The molecule has 3 aromatic rings. The second-order valence-electron chi connectivity index (χ2n) is 7.85. The average molecular weight is 487 g/mol. The molecule has 3 rings (SSSR count). The van der Waals surface area contributed by atoms with E-state index in [2.05, 4.69) is 5.32 Å². The number of benzene rings is 2. The number of amides is 1. The van der Waals surface area contributed by atoms with Gasteiger partial charge in [0.05, 0.1) is 13.2 Å². The number of hydrogen-bond donors (Lipinski definition) is 3. The molecule has 2 aromatic carbocycles. The fourth-order valence-electron chi connectivity index (χ4n) is 3.71. The Hall–Kier alpha value is -4.21. The van der Waals surface area contributed by atoms with Crippen LogP contribution in [0.2, 0.25) is 0 Å². The topological polar surface area (TPSA) is 109 Å². The van der Waals surface area contributed by atoms with Crippen molar-refractivity contribution in [1.29, 1.82) is 0 Å². The zero-order valence-electron chi connectivity index (χ0n) is 19.2. The summed E-state index contributed by atoms with van der Waals surface area (Å²) >= 11 is 0. The van der Waals surface area contributed by atoms with E-state index in [1.807, 2.05) is 0 Å². The summed E-state index contributed by atoms with van der Waals surface area (Å²) < 4.78 is 38.7. The average Bonchev–Trinajstić information content (AvgIpc) is 2.79. The van der Waals surface area contributed by atoms with Gasteiger partial charge >= 0.3 is 17.6 Å². The molecule has 0 unspecified atom stereocenters. The van der Waals surface area contributed by atoms with Crippen LogP contribution in [0.25, 0.3) is 0 Å². The molecule has 1 amide bonds. The molecule has 3 N–H and O–H groups in total. The number of nitrogens with one attached hydrogen (secondary N) is 1. The minimum absolute atomic E-state index is 0.0580.